The van der Waals surface area contributed by atoms with E-state index in [1.807, 2.05) is 0 Å². The number of hydrogen-bond acceptors (Lipinski definition) is 8. The number of primary amides is 1. The van der Waals surface area contributed by atoms with Gasteiger partial charge in [0.05, 0.1) is 79.6 Å². The normalized spacial score (nSPS) is 10.7. The van der Waals surface area contributed by atoms with E-state index in [0.717, 1.165) is 5.75 Å². The van der Waals surface area contributed by atoms with Gasteiger partial charge in [0.25, 0.3) is 0 Å². The predicted octanol–water partition coefficient (Wildman–Crippen LogP) is 0.982. The molecule has 10 nitrogen and oxygen atoms in total. The fourth-order valence-corrected chi connectivity index (χ4v) is 2.22. The second kappa shape index (κ2) is 18.5. The van der Waals surface area contributed by atoms with Crippen molar-refractivity contribution in [2.45, 2.75) is 12.8 Å². The summed E-state index contributed by atoms with van der Waals surface area (Å²) in [4.78, 5) is 22.3. The summed E-state index contributed by atoms with van der Waals surface area (Å²) in [5, 5.41) is 2.79. The maximum Gasteiger partial charge on any atom is 0.226 e. The first-order chi connectivity index (χ1) is 15.1. The van der Waals surface area contributed by atoms with E-state index in [2.05, 4.69) is 5.32 Å². The minimum atomic E-state index is -0.378. The molecule has 0 aliphatic heterocycles. The Morgan fingerprint density at radius 3 is 1.55 bits per heavy atom. The molecular weight excluding hydrogens is 408 g/mol. The molecule has 0 fully saturated rings. The summed E-state index contributed by atoms with van der Waals surface area (Å²) in [6.07, 6.45) is 0.486. The lowest BCUT2D eigenvalue weighted by molar-refractivity contribution is -0.119. The second-order valence-electron chi connectivity index (χ2n) is 6.30. The summed E-state index contributed by atoms with van der Waals surface area (Å²) < 4.78 is 31.7. The fourth-order valence-electron chi connectivity index (χ4n) is 2.22. The first-order valence-corrected chi connectivity index (χ1v) is 10.2. The van der Waals surface area contributed by atoms with Crippen LogP contribution in [0.15, 0.2) is 24.3 Å². The summed E-state index contributed by atoms with van der Waals surface area (Å²) in [7, 11) is 1.59. The minimum absolute atomic E-state index is 0.112. The second-order valence-corrected chi connectivity index (χ2v) is 6.30. The molecule has 0 aliphatic rings. The van der Waals surface area contributed by atoms with Crippen molar-refractivity contribution >= 4 is 17.5 Å². The Morgan fingerprint density at radius 1 is 0.710 bits per heavy atom. The van der Waals surface area contributed by atoms with Gasteiger partial charge >= 0.3 is 0 Å². The molecule has 176 valence electrons. The number of nitrogens with two attached hydrogens (primary N) is 1. The van der Waals surface area contributed by atoms with E-state index < -0.39 is 0 Å². The van der Waals surface area contributed by atoms with E-state index in [1.54, 1.807) is 31.4 Å². The topological polar surface area (TPSA) is 128 Å². The molecule has 0 radical (unpaired) electrons. The van der Waals surface area contributed by atoms with Crippen molar-refractivity contribution < 1.29 is 38.0 Å². The van der Waals surface area contributed by atoms with Gasteiger partial charge in [-0.2, -0.15) is 0 Å². The minimum Gasteiger partial charge on any atom is -0.497 e. The Labute approximate surface area is 183 Å². The molecule has 0 saturated heterocycles. The largest absolute Gasteiger partial charge is 0.497 e. The Kier molecular flexibility index (Phi) is 16.0. The van der Waals surface area contributed by atoms with Crippen LogP contribution in [-0.4, -0.2) is 85.0 Å². The number of rotatable bonds is 20. The number of amides is 2. The highest BCUT2D eigenvalue weighted by atomic mass is 16.6. The summed E-state index contributed by atoms with van der Waals surface area (Å²) in [5.74, 6) is 0.246. The smallest absolute Gasteiger partial charge is 0.226 e. The van der Waals surface area contributed by atoms with E-state index in [1.165, 1.54) is 0 Å². The number of nitrogens with one attached hydrogen (secondary N) is 1. The van der Waals surface area contributed by atoms with Gasteiger partial charge in [0, 0.05) is 12.1 Å². The van der Waals surface area contributed by atoms with Gasteiger partial charge in [0.2, 0.25) is 11.8 Å². The van der Waals surface area contributed by atoms with Gasteiger partial charge in [0.1, 0.15) is 5.75 Å². The molecule has 31 heavy (non-hydrogen) atoms. The van der Waals surface area contributed by atoms with Crippen LogP contribution in [0, 0.1) is 0 Å². The van der Waals surface area contributed by atoms with Crippen molar-refractivity contribution in [1.29, 1.82) is 0 Å². The Morgan fingerprint density at radius 2 is 1.13 bits per heavy atom. The third-order valence-electron chi connectivity index (χ3n) is 3.83. The SMILES string of the molecule is COc1ccc(NC(=O)CCOCCOCCOCCOCCOCCC(N)=O)cc1. The average molecular weight is 443 g/mol. The zero-order valence-corrected chi connectivity index (χ0v) is 18.1. The van der Waals surface area contributed by atoms with Gasteiger partial charge in [-0.15, -0.1) is 0 Å². The number of benzene rings is 1. The van der Waals surface area contributed by atoms with Crippen LogP contribution in [0.2, 0.25) is 0 Å². The zero-order chi connectivity index (χ0) is 22.6. The first kappa shape index (κ1) is 26.8. The maximum absolute atomic E-state index is 11.8. The zero-order valence-electron chi connectivity index (χ0n) is 18.1. The molecule has 1 rings (SSSR count). The molecule has 0 heterocycles. The Hall–Kier alpha value is -2.24. The van der Waals surface area contributed by atoms with Crippen LogP contribution in [0.25, 0.3) is 0 Å². The predicted molar refractivity (Wildman–Crippen MR) is 114 cm³/mol. The molecule has 2 amide bonds. The van der Waals surface area contributed by atoms with Crippen LogP contribution in [0.1, 0.15) is 12.8 Å². The van der Waals surface area contributed by atoms with E-state index in [-0.39, 0.29) is 24.7 Å². The number of carbonyl (C=O) groups excluding carboxylic acids is 2. The number of anilines is 1. The van der Waals surface area contributed by atoms with Gasteiger partial charge in [-0.05, 0) is 24.3 Å². The molecule has 1 aromatic rings. The molecule has 0 bridgehead atoms. The maximum atomic E-state index is 11.8. The third-order valence-corrected chi connectivity index (χ3v) is 3.83. The monoisotopic (exact) mass is 442 g/mol. The van der Waals surface area contributed by atoms with Gasteiger partial charge < -0.3 is 39.5 Å². The van der Waals surface area contributed by atoms with E-state index in [9.17, 15) is 9.59 Å². The lowest BCUT2D eigenvalue weighted by atomic mass is 10.3. The van der Waals surface area contributed by atoms with Crippen molar-refractivity contribution in [3.63, 3.8) is 0 Å². The number of methoxy groups -OCH3 is 1. The highest BCUT2D eigenvalue weighted by Gasteiger charge is 2.03. The van der Waals surface area contributed by atoms with Crippen LogP contribution in [-0.2, 0) is 33.3 Å². The van der Waals surface area contributed by atoms with Gasteiger partial charge in [-0.1, -0.05) is 0 Å². The third kappa shape index (κ3) is 16.2. The summed E-state index contributed by atoms with van der Waals surface area (Å²) >= 11 is 0. The molecular formula is C21H34N2O8. The standard InChI is InChI=1S/C21H34N2O8/c1-26-19-4-2-18(3-5-19)23-21(25)7-9-28-11-13-30-15-17-31-16-14-29-12-10-27-8-6-20(22)24/h2-5H,6-17H2,1H3,(H2,22,24)(H,23,25). The van der Waals surface area contributed by atoms with Crippen LogP contribution in [0.4, 0.5) is 5.69 Å². The van der Waals surface area contributed by atoms with Crippen molar-refractivity contribution in [3.8, 4) is 5.75 Å². The Balaban J connectivity index is 1.80. The molecule has 1 aromatic carbocycles. The van der Waals surface area contributed by atoms with Crippen molar-refractivity contribution in [2.75, 3.05) is 78.5 Å². The number of carbonyl (C=O) groups is 2. The van der Waals surface area contributed by atoms with Crippen molar-refractivity contribution in [3.05, 3.63) is 24.3 Å². The van der Waals surface area contributed by atoms with Gasteiger partial charge in [0.15, 0.2) is 0 Å². The first-order valence-electron chi connectivity index (χ1n) is 10.2. The highest BCUT2D eigenvalue weighted by molar-refractivity contribution is 5.90. The molecule has 0 saturated carbocycles. The van der Waals surface area contributed by atoms with Crippen molar-refractivity contribution in [2.24, 2.45) is 5.73 Å². The van der Waals surface area contributed by atoms with Crippen molar-refractivity contribution in [1.82, 2.24) is 0 Å². The van der Waals surface area contributed by atoms with E-state index >= 15 is 0 Å². The highest BCUT2D eigenvalue weighted by Crippen LogP contribution is 2.15. The van der Waals surface area contributed by atoms with Gasteiger partial charge in [-0.25, -0.2) is 0 Å². The number of ether oxygens (including phenoxy) is 6. The molecule has 3 N–H and O–H groups in total. The fraction of sp³-hybridized carbons (Fsp3) is 0.619. The van der Waals surface area contributed by atoms with E-state index in [0.29, 0.717) is 71.8 Å². The molecule has 0 spiro atoms. The van der Waals surface area contributed by atoms with Crippen LogP contribution in [0.5, 0.6) is 5.75 Å². The van der Waals surface area contributed by atoms with Crippen LogP contribution in [0.3, 0.4) is 0 Å². The lowest BCUT2D eigenvalue weighted by Crippen LogP contribution is -2.16. The van der Waals surface area contributed by atoms with Crippen LogP contribution >= 0.6 is 0 Å². The van der Waals surface area contributed by atoms with E-state index in [4.69, 9.17) is 34.2 Å². The molecule has 0 unspecified atom stereocenters. The number of hydrogen-bond donors (Lipinski definition) is 2. The molecule has 10 heteroatoms. The Bertz CT molecular complexity index is 598. The van der Waals surface area contributed by atoms with Gasteiger partial charge in [-0.3, -0.25) is 9.59 Å². The van der Waals surface area contributed by atoms with Crippen LogP contribution < -0.4 is 15.8 Å². The summed E-state index contributed by atoms with van der Waals surface area (Å²) in [5.41, 5.74) is 5.71. The summed E-state index contributed by atoms with van der Waals surface area (Å²) in [6.45, 7) is 4.18. The molecule has 0 aromatic heterocycles. The lowest BCUT2D eigenvalue weighted by Gasteiger charge is -2.08. The molecule has 0 aliphatic carbocycles. The summed E-state index contributed by atoms with van der Waals surface area (Å²) in [6, 6.07) is 7.13. The average Bonchev–Trinajstić information content (AvgIpc) is 2.76. The quantitative estimate of drug-likeness (QED) is 0.286. The molecule has 0 atom stereocenters.